The maximum absolute atomic E-state index is 12.3. The van der Waals surface area contributed by atoms with Gasteiger partial charge in [-0.3, -0.25) is 9.97 Å². The Morgan fingerprint density at radius 2 is 1.59 bits per heavy atom. The molecule has 2 unspecified atom stereocenters. The average molecular weight is 378 g/mol. The van der Waals surface area contributed by atoms with E-state index in [0.717, 1.165) is 57.8 Å². The predicted octanol–water partition coefficient (Wildman–Crippen LogP) is 4.07. The van der Waals surface area contributed by atoms with E-state index in [1.165, 1.54) is 17.4 Å². The molecule has 0 radical (unpaired) electrons. The molecule has 0 aliphatic heterocycles. The van der Waals surface area contributed by atoms with Crippen LogP contribution in [0.1, 0.15) is 83.6 Å². The van der Waals surface area contributed by atoms with Crippen LogP contribution in [-0.2, 0) is 0 Å². The molecule has 1 heterocycles. The summed E-state index contributed by atoms with van der Waals surface area (Å²) < 4.78 is 1.20. The summed E-state index contributed by atoms with van der Waals surface area (Å²) in [4.78, 5) is 40.3. The number of unbranched alkanes of at least 4 members (excludes halogenated alkanes) is 5. The minimum atomic E-state index is -0.753. The summed E-state index contributed by atoms with van der Waals surface area (Å²) in [5.74, 6) is 0.348. The molecule has 0 aliphatic carbocycles. The number of H-pyrrole nitrogens is 2. The number of aromatic amines is 2. The lowest BCUT2D eigenvalue weighted by molar-refractivity contribution is 0.306. The van der Waals surface area contributed by atoms with E-state index in [-0.39, 0.29) is 6.04 Å². The van der Waals surface area contributed by atoms with E-state index >= 15 is 0 Å². The van der Waals surface area contributed by atoms with Crippen LogP contribution in [0.2, 0.25) is 0 Å². The molecule has 0 aromatic carbocycles. The van der Waals surface area contributed by atoms with Crippen LogP contribution in [0.25, 0.3) is 0 Å². The fraction of sp³-hybridized carbons (Fsp3) is 0.667. The molecule has 6 heteroatoms. The number of hydrogen-bond donors (Lipinski definition) is 2. The first kappa shape index (κ1) is 22.9. The van der Waals surface area contributed by atoms with Crippen molar-refractivity contribution >= 4 is 0 Å². The number of aromatic nitrogens is 3. The van der Waals surface area contributed by atoms with Crippen molar-refractivity contribution in [3.05, 3.63) is 56.8 Å². The SMILES string of the molecule is C=CCCCC(CC=C)CC(CCCCCCC)n1c(=O)[nH]c(=O)[nH]c1=O. The van der Waals surface area contributed by atoms with Crippen LogP contribution in [0, 0.1) is 5.92 Å². The number of nitrogens with zero attached hydrogens (tertiary/aromatic N) is 1. The van der Waals surface area contributed by atoms with E-state index in [9.17, 15) is 14.4 Å². The summed E-state index contributed by atoms with van der Waals surface area (Å²) in [6.07, 6.45) is 14.7. The first-order valence-corrected chi connectivity index (χ1v) is 10.2. The van der Waals surface area contributed by atoms with Crippen LogP contribution in [0.3, 0.4) is 0 Å². The molecule has 2 atom stereocenters. The Labute approximate surface area is 161 Å². The molecule has 6 nitrogen and oxygen atoms in total. The van der Waals surface area contributed by atoms with Crippen LogP contribution in [-0.4, -0.2) is 14.5 Å². The zero-order valence-electron chi connectivity index (χ0n) is 16.7. The molecule has 152 valence electrons. The quantitative estimate of drug-likeness (QED) is 0.357. The number of nitrogens with one attached hydrogen (secondary N) is 2. The first-order valence-electron chi connectivity index (χ1n) is 10.2. The van der Waals surface area contributed by atoms with Gasteiger partial charge < -0.3 is 0 Å². The molecular formula is C21H35N3O3. The Morgan fingerprint density at radius 1 is 0.926 bits per heavy atom. The van der Waals surface area contributed by atoms with Gasteiger partial charge in [-0.05, 0) is 44.4 Å². The second-order valence-electron chi connectivity index (χ2n) is 7.26. The van der Waals surface area contributed by atoms with Crippen molar-refractivity contribution < 1.29 is 0 Å². The van der Waals surface area contributed by atoms with Gasteiger partial charge in [-0.1, -0.05) is 51.2 Å². The Hall–Kier alpha value is -2.11. The summed E-state index contributed by atoms with van der Waals surface area (Å²) >= 11 is 0. The zero-order valence-corrected chi connectivity index (χ0v) is 16.7. The fourth-order valence-electron chi connectivity index (χ4n) is 3.61. The van der Waals surface area contributed by atoms with Crippen LogP contribution in [0.15, 0.2) is 39.7 Å². The van der Waals surface area contributed by atoms with Gasteiger partial charge in [0.15, 0.2) is 0 Å². The smallest absolute Gasteiger partial charge is 0.259 e. The van der Waals surface area contributed by atoms with E-state index < -0.39 is 17.1 Å². The van der Waals surface area contributed by atoms with Crippen molar-refractivity contribution in [2.24, 2.45) is 5.92 Å². The number of hydrogen-bond acceptors (Lipinski definition) is 3. The lowest BCUT2D eigenvalue weighted by atomic mass is 9.89. The molecule has 1 aromatic heterocycles. The van der Waals surface area contributed by atoms with Gasteiger partial charge in [0, 0.05) is 6.04 Å². The summed E-state index contributed by atoms with van der Waals surface area (Å²) in [6.45, 7) is 9.78. The largest absolute Gasteiger partial charge is 0.333 e. The molecule has 0 saturated carbocycles. The van der Waals surface area contributed by atoms with E-state index in [2.05, 4.69) is 30.0 Å². The molecule has 0 spiro atoms. The predicted molar refractivity (Wildman–Crippen MR) is 111 cm³/mol. The average Bonchev–Trinajstić information content (AvgIpc) is 2.60. The Bertz CT molecular complexity index is 695. The highest BCUT2D eigenvalue weighted by molar-refractivity contribution is 4.82. The second kappa shape index (κ2) is 13.1. The molecule has 0 amide bonds. The van der Waals surface area contributed by atoms with Crippen molar-refractivity contribution in [2.75, 3.05) is 0 Å². The van der Waals surface area contributed by atoms with Gasteiger partial charge >= 0.3 is 17.1 Å². The van der Waals surface area contributed by atoms with Crippen LogP contribution < -0.4 is 17.1 Å². The maximum atomic E-state index is 12.3. The summed E-state index contributed by atoms with van der Waals surface area (Å²) in [6, 6.07) is -0.214. The van der Waals surface area contributed by atoms with Gasteiger partial charge in [-0.15, -0.1) is 13.2 Å². The number of rotatable bonds is 15. The third kappa shape index (κ3) is 8.41. The van der Waals surface area contributed by atoms with Gasteiger partial charge in [0.25, 0.3) is 0 Å². The Morgan fingerprint density at radius 3 is 2.19 bits per heavy atom. The molecule has 2 N–H and O–H groups in total. The topological polar surface area (TPSA) is 87.7 Å². The minimum absolute atomic E-state index is 0.214. The van der Waals surface area contributed by atoms with Gasteiger partial charge in [0.1, 0.15) is 0 Å². The molecule has 0 bridgehead atoms. The molecule has 1 aromatic rings. The maximum Gasteiger partial charge on any atom is 0.333 e. The van der Waals surface area contributed by atoms with E-state index in [1.54, 1.807) is 0 Å². The summed E-state index contributed by atoms with van der Waals surface area (Å²) in [7, 11) is 0. The third-order valence-corrected chi connectivity index (χ3v) is 5.01. The van der Waals surface area contributed by atoms with Crippen molar-refractivity contribution in [1.82, 2.24) is 14.5 Å². The molecule has 0 fully saturated rings. The van der Waals surface area contributed by atoms with Crippen molar-refractivity contribution in [3.8, 4) is 0 Å². The molecule has 27 heavy (non-hydrogen) atoms. The molecule has 0 saturated heterocycles. The van der Waals surface area contributed by atoms with Gasteiger partial charge in [-0.25, -0.2) is 19.0 Å². The van der Waals surface area contributed by atoms with E-state index in [0.29, 0.717) is 5.92 Å². The molecule has 0 aliphatic rings. The van der Waals surface area contributed by atoms with Gasteiger partial charge in [-0.2, -0.15) is 0 Å². The van der Waals surface area contributed by atoms with Gasteiger partial charge in [0.05, 0.1) is 0 Å². The number of allylic oxidation sites excluding steroid dienone is 2. The highest BCUT2D eigenvalue weighted by atomic mass is 16.2. The normalized spacial score (nSPS) is 13.2. The monoisotopic (exact) mass is 377 g/mol. The third-order valence-electron chi connectivity index (χ3n) is 5.01. The van der Waals surface area contributed by atoms with E-state index in [4.69, 9.17) is 0 Å². The Balaban J connectivity index is 2.97. The zero-order chi connectivity index (χ0) is 20.1. The molecule has 1 rings (SSSR count). The fourth-order valence-corrected chi connectivity index (χ4v) is 3.61. The van der Waals surface area contributed by atoms with Crippen molar-refractivity contribution in [1.29, 1.82) is 0 Å². The first-order chi connectivity index (χ1) is 13.0. The van der Waals surface area contributed by atoms with E-state index in [1.807, 2.05) is 12.2 Å². The van der Waals surface area contributed by atoms with Crippen molar-refractivity contribution in [3.63, 3.8) is 0 Å². The summed E-state index contributed by atoms with van der Waals surface area (Å²) in [5, 5.41) is 0. The van der Waals surface area contributed by atoms with Gasteiger partial charge in [0.2, 0.25) is 0 Å². The Kier molecular flexibility index (Phi) is 11.1. The second-order valence-corrected chi connectivity index (χ2v) is 7.26. The minimum Gasteiger partial charge on any atom is -0.259 e. The van der Waals surface area contributed by atoms with Crippen molar-refractivity contribution in [2.45, 2.75) is 83.6 Å². The highest BCUT2D eigenvalue weighted by Crippen LogP contribution is 2.27. The van der Waals surface area contributed by atoms with Crippen LogP contribution >= 0.6 is 0 Å². The summed E-state index contributed by atoms with van der Waals surface area (Å²) in [5.41, 5.74) is -1.99. The standard InChI is InChI=1S/C21H35N3O3/c1-4-7-9-10-12-15-18(16-17(13-6-3)14-11-8-5-2)24-20(26)22-19(25)23-21(24)27/h5-6,17-18H,2-4,7-16H2,1H3,(H2,22,23,25,26,27). The van der Waals surface area contributed by atoms with Crippen LogP contribution in [0.4, 0.5) is 0 Å². The highest BCUT2D eigenvalue weighted by Gasteiger charge is 2.20. The lowest BCUT2D eigenvalue weighted by Gasteiger charge is -2.24. The molecular weight excluding hydrogens is 342 g/mol. The van der Waals surface area contributed by atoms with Crippen LogP contribution in [0.5, 0.6) is 0 Å². The lowest BCUT2D eigenvalue weighted by Crippen LogP contribution is -2.45.